The first-order chi connectivity index (χ1) is 21.3. The van der Waals surface area contributed by atoms with E-state index in [0.29, 0.717) is 55.0 Å². The van der Waals surface area contributed by atoms with E-state index in [1.165, 1.54) is 6.92 Å². The summed E-state index contributed by atoms with van der Waals surface area (Å²) in [5.41, 5.74) is 4.16. The zero-order chi connectivity index (χ0) is 31.6. The largest absolute Gasteiger partial charge is 0.493 e. The van der Waals surface area contributed by atoms with Gasteiger partial charge in [-0.05, 0) is 90.3 Å². The fourth-order valence-electron chi connectivity index (χ4n) is 5.52. The first-order valence-corrected chi connectivity index (χ1v) is 15.9. The maximum absolute atomic E-state index is 13.8. The van der Waals surface area contributed by atoms with E-state index < -0.39 is 12.1 Å². The third-order valence-corrected chi connectivity index (χ3v) is 8.28. The van der Waals surface area contributed by atoms with Gasteiger partial charge in [-0.2, -0.15) is 11.8 Å². The number of rotatable bonds is 13. The number of aryl methyl sites for hydroxylation is 1. The molecule has 10 nitrogen and oxygen atoms in total. The number of hydrogen-bond donors (Lipinski definition) is 3. The highest BCUT2D eigenvalue weighted by Crippen LogP contribution is 2.50. The van der Waals surface area contributed by atoms with Crippen LogP contribution in [0.2, 0.25) is 0 Å². The summed E-state index contributed by atoms with van der Waals surface area (Å²) in [6.07, 6.45) is 7.79. The Balaban J connectivity index is 1.75. The number of pyridine rings is 1. The first-order valence-electron chi connectivity index (χ1n) is 14.5. The normalized spacial score (nSPS) is 14.2. The van der Waals surface area contributed by atoms with Gasteiger partial charge in [0.2, 0.25) is 23.0 Å². The maximum Gasteiger partial charge on any atom is 0.242 e. The Morgan fingerprint density at radius 3 is 2.45 bits per heavy atom. The topological polar surface area (TPSA) is 128 Å². The van der Waals surface area contributed by atoms with E-state index in [-0.39, 0.29) is 22.9 Å². The number of carbonyl (C=O) groups excluding carboxylic acids is 2. The van der Waals surface area contributed by atoms with E-state index in [0.717, 1.165) is 28.0 Å². The van der Waals surface area contributed by atoms with Crippen LogP contribution in [0.25, 0.3) is 11.1 Å². The lowest BCUT2D eigenvalue weighted by molar-refractivity contribution is -0.122. The van der Waals surface area contributed by atoms with Crippen molar-refractivity contribution in [3.05, 3.63) is 75.7 Å². The van der Waals surface area contributed by atoms with Crippen molar-refractivity contribution in [1.82, 2.24) is 15.6 Å². The fourth-order valence-corrected chi connectivity index (χ4v) is 5.99. The van der Waals surface area contributed by atoms with Crippen LogP contribution in [0.5, 0.6) is 17.2 Å². The molecule has 4 rings (SSSR count). The zero-order valence-corrected chi connectivity index (χ0v) is 26.6. The molecule has 1 heterocycles. The molecule has 234 valence electrons. The smallest absolute Gasteiger partial charge is 0.242 e. The van der Waals surface area contributed by atoms with Crippen LogP contribution >= 0.6 is 11.8 Å². The van der Waals surface area contributed by atoms with Gasteiger partial charge in [0.25, 0.3) is 0 Å². The molecule has 0 aliphatic heterocycles. The van der Waals surface area contributed by atoms with Gasteiger partial charge in [0.15, 0.2) is 11.5 Å². The molecule has 0 saturated heterocycles. The van der Waals surface area contributed by atoms with E-state index in [1.54, 1.807) is 57.6 Å². The van der Waals surface area contributed by atoms with Gasteiger partial charge in [0.1, 0.15) is 6.04 Å². The average molecular weight is 621 g/mol. The Morgan fingerprint density at radius 1 is 1.05 bits per heavy atom. The highest BCUT2D eigenvalue weighted by atomic mass is 32.2. The van der Waals surface area contributed by atoms with Crippen molar-refractivity contribution in [2.24, 2.45) is 0 Å². The van der Waals surface area contributed by atoms with Gasteiger partial charge in [-0.3, -0.25) is 19.4 Å². The highest BCUT2D eigenvalue weighted by Gasteiger charge is 2.30. The number of ether oxygens (including phenoxy) is 3. The number of nitrogens with one attached hydrogen (secondary N) is 3. The Morgan fingerprint density at radius 2 is 1.80 bits per heavy atom. The molecule has 2 unspecified atom stereocenters. The van der Waals surface area contributed by atoms with Gasteiger partial charge in [0, 0.05) is 31.4 Å². The number of methoxy groups -OCH3 is 3. The lowest BCUT2D eigenvalue weighted by atomic mass is 9.95. The predicted molar refractivity (Wildman–Crippen MR) is 174 cm³/mol. The van der Waals surface area contributed by atoms with Crippen molar-refractivity contribution in [2.75, 3.05) is 45.2 Å². The lowest BCUT2D eigenvalue weighted by Gasteiger charge is -2.19. The molecule has 3 N–H and O–H groups in total. The molecule has 2 amide bonds. The lowest BCUT2D eigenvalue weighted by Crippen LogP contribution is -2.41. The molecule has 2 aromatic carbocycles. The third-order valence-electron chi connectivity index (χ3n) is 7.64. The van der Waals surface area contributed by atoms with E-state index >= 15 is 0 Å². The molecule has 3 aromatic rings. The molecule has 44 heavy (non-hydrogen) atoms. The quantitative estimate of drug-likeness (QED) is 0.258. The van der Waals surface area contributed by atoms with Gasteiger partial charge in [-0.1, -0.05) is 6.07 Å². The van der Waals surface area contributed by atoms with Crippen LogP contribution in [0.4, 0.5) is 5.69 Å². The predicted octanol–water partition coefficient (Wildman–Crippen LogP) is 4.15. The Kier molecular flexibility index (Phi) is 11.5. The molecule has 0 bridgehead atoms. The second-order valence-electron chi connectivity index (χ2n) is 10.5. The Labute approximate surface area is 262 Å². The van der Waals surface area contributed by atoms with Crippen LogP contribution in [-0.4, -0.2) is 62.7 Å². The molecule has 1 aliphatic carbocycles. The second kappa shape index (κ2) is 15.5. The molecular formula is C33H40N4O6S. The van der Waals surface area contributed by atoms with Crippen LogP contribution in [0.3, 0.4) is 0 Å². The van der Waals surface area contributed by atoms with Crippen LogP contribution in [0, 0.1) is 0 Å². The summed E-state index contributed by atoms with van der Waals surface area (Å²) in [4.78, 5) is 43.3. The van der Waals surface area contributed by atoms with Crippen molar-refractivity contribution in [2.45, 2.75) is 44.7 Å². The Bertz CT molecular complexity index is 1540. The SMILES string of the molecule is COc1cc2c(c(OC)c1OC)-c1ccc(NC(CCSC)C(=O)NCCc3ccncc3)c(=O)cc1C(NC(C)=O)CC2. The number of carbonyl (C=O) groups is 2. The van der Waals surface area contributed by atoms with Gasteiger partial charge in [0.05, 0.1) is 33.1 Å². The van der Waals surface area contributed by atoms with Gasteiger partial charge >= 0.3 is 0 Å². The van der Waals surface area contributed by atoms with E-state index in [2.05, 4.69) is 20.9 Å². The Hall–Kier alpha value is -4.25. The minimum atomic E-state index is -0.618. The number of nitrogens with zero attached hydrogens (tertiary/aromatic N) is 1. The van der Waals surface area contributed by atoms with E-state index in [4.69, 9.17) is 14.2 Å². The van der Waals surface area contributed by atoms with E-state index in [9.17, 15) is 14.4 Å². The molecule has 0 saturated carbocycles. The minimum Gasteiger partial charge on any atom is -0.493 e. The number of fused-ring (bicyclic) bond motifs is 3. The number of benzene rings is 1. The summed E-state index contributed by atoms with van der Waals surface area (Å²) in [5, 5.41) is 9.25. The standard InChI is InChI=1S/C33H40N4O6S/c1-20(38)36-25-8-6-22-18-29(41-2)31(42-3)32(43-4)30(22)23-7-9-26(28(39)19-24(23)25)37-27(13-17-44-5)33(40)35-16-12-21-10-14-34-15-11-21/h7,9-11,14-15,18-19,25,27H,6,8,12-13,16-17H2,1-5H3,(H,35,40)(H,36,38)(H,37,39). The maximum atomic E-state index is 13.8. The van der Waals surface area contributed by atoms with Crippen LogP contribution in [-0.2, 0) is 22.4 Å². The van der Waals surface area contributed by atoms with Crippen molar-refractivity contribution in [3.8, 4) is 28.4 Å². The molecule has 1 aromatic heterocycles. The van der Waals surface area contributed by atoms with Crippen LogP contribution < -0.4 is 35.6 Å². The number of thioether (sulfide) groups is 1. The van der Waals surface area contributed by atoms with Crippen molar-refractivity contribution in [3.63, 3.8) is 0 Å². The second-order valence-corrected chi connectivity index (χ2v) is 11.5. The number of anilines is 1. The number of amides is 2. The highest BCUT2D eigenvalue weighted by molar-refractivity contribution is 7.98. The first kappa shape index (κ1) is 32.7. The van der Waals surface area contributed by atoms with Gasteiger partial charge < -0.3 is 30.2 Å². The van der Waals surface area contributed by atoms with Gasteiger partial charge in [-0.15, -0.1) is 0 Å². The average Bonchev–Trinajstić information content (AvgIpc) is 3.26. The monoisotopic (exact) mass is 620 g/mol. The zero-order valence-electron chi connectivity index (χ0n) is 25.8. The molecule has 0 radical (unpaired) electrons. The fraction of sp³-hybridized carbons (Fsp3) is 0.394. The molecular weight excluding hydrogens is 580 g/mol. The summed E-state index contributed by atoms with van der Waals surface area (Å²) in [5.74, 6) is 1.79. The summed E-state index contributed by atoms with van der Waals surface area (Å²) in [6.45, 7) is 1.92. The minimum absolute atomic E-state index is 0.180. The molecule has 0 spiro atoms. The van der Waals surface area contributed by atoms with Crippen LogP contribution in [0.15, 0.2) is 53.6 Å². The van der Waals surface area contributed by atoms with E-state index in [1.807, 2.05) is 30.5 Å². The number of hydrogen-bond acceptors (Lipinski definition) is 9. The molecule has 0 fully saturated rings. The molecule has 11 heteroatoms. The molecule has 2 atom stereocenters. The molecule has 1 aliphatic rings. The summed E-state index contributed by atoms with van der Waals surface area (Å²) in [7, 11) is 4.68. The van der Waals surface area contributed by atoms with Gasteiger partial charge in [-0.25, -0.2) is 0 Å². The summed E-state index contributed by atoms with van der Waals surface area (Å²) >= 11 is 1.63. The third kappa shape index (κ3) is 7.63. The van der Waals surface area contributed by atoms with Crippen molar-refractivity contribution < 1.29 is 23.8 Å². The number of aromatic nitrogens is 1. The van der Waals surface area contributed by atoms with Crippen molar-refractivity contribution in [1.29, 1.82) is 0 Å². The van der Waals surface area contributed by atoms with Crippen LogP contribution in [0.1, 0.15) is 42.5 Å². The summed E-state index contributed by atoms with van der Waals surface area (Å²) < 4.78 is 17.1. The summed E-state index contributed by atoms with van der Waals surface area (Å²) in [6, 6.07) is 9.81. The van der Waals surface area contributed by atoms with Crippen molar-refractivity contribution >= 4 is 29.3 Å².